The van der Waals surface area contributed by atoms with Gasteiger partial charge in [-0.05, 0) is 18.6 Å². The van der Waals surface area contributed by atoms with Crippen molar-refractivity contribution in [2.24, 2.45) is 0 Å². The summed E-state index contributed by atoms with van der Waals surface area (Å²) in [5.41, 5.74) is 2.47. The lowest BCUT2D eigenvalue weighted by Crippen LogP contribution is -2.07. The van der Waals surface area contributed by atoms with Gasteiger partial charge in [0.25, 0.3) is 0 Å². The quantitative estimate of drug-likeness (QED) is 0.572. The Bertz CT molecular complexity index is 245. The Morgan fingerprint density at radius 2 is 2.70 bits per heavy atom. The molecular weight excluding hydrogens is 124 g/mol. The molecular formula is C8H9N2. The van der Waals surface area contributed by atoms with Crippen molar-refractivity contribution in [3.8, 4) is 0 Å². The zero-order valence-corrected chi connectivity index (χ0v) is 5.89. The van der Waals surface area contributed by atoms with Crippen LogP contribution in [0.25, 0.3) is 0 Å². The second kappa shape index (κ2) is 2.06. The van der Waals surface area contributed by atoms with Gasteiger partial charge in [-0.3, -0.25) is 0 Å². The van der Waals surface area contributed by atoms with Crippen LogP contribution in [0.5, 0.6) is 0 Å². The third kappa shape index (κ3) is 0.727. The number of hydrogen-bond acceptors (Lipinski definition) is 2. The second-order valence-electron chi connectivity index (χ2n) is 2.59. The first-order valence-corrected chi connectivity index (χ1v) is 3.47. The Kier molecular flexibility index (Phi) is 1.21. The number of rotatable bonds is 0. The monoisotopic (exact) mass is 133 g/mol. The molecule has 10 heavy (non-hydrogen) atoms. The minimum absolute atomic E-state index is 0.410. The van der Waals surface area contributed by atoms with Crippen LogP contribution in [0.3, 0.4) is 0 Å². The van der Waals surface area contributed by atoms with Gasteiger partial charge in [0, 0.05) is 12.6 Å². The Balaban J connectivity index is 2.51. The van der Waals surface area contributed by atoms with Gasteiger partial charge in [-0.1, -0.05) is 6.07 Å². The van der Waals surface area contributed by atoms with Gasteiger partial charge < -0.3 is 5.32 Å². The van der Waals surface area contributed by atoms with Crippen molar-refractivity contribution in [2.75, 3.05) is 0 Å². The third-order valence-corrected chi connectivity index (χ3v) is 1.88. The molecule has 0 fully saturated rings. The summed E-state index contributed by atoms with van der Waals surface area (Å²) in [6, 6.07) is 4.34. The lowest BCUT2D eigenvalue weighted by molar-refractivity contribution is 0.623. The number of hydrogen-bond donors (Lipinski definition) is 1. The van der Waals surface area contributed by atoms with E-state index in [2.05, 4.69) is 29.5 Å². The zero-order chi connectivity index (χ0) is 6.97. The molecule has 2 rings (SSSR count). The summed E-state index contributed by atoms with van der Waals surface area (Å²) in [7, 11) is 0. The molecule has 1 aliphatic rings. The molecule has 0 aromatic carbocycles. The first-order chi connectivity index (χ1) is 4.88. The number of nitrogens with one attached hydrogen (secondary N) is 1. The molecule has 2 heteroatoms. The molecule has 2 heterocycles. The van der Waals surface area contributed by atoms with Crippen LogP contribution in [0.15, 0.2) is 12.1 Å². The van der Waals surface area contributed by atoms with Gasteiger partial charge in [0.1, 0.15) is 0 Å². The number of fused-ring (bicyclic) bond motifs is 1. The fourth-order valence-electron chi connectivity index (χ4n) is 1.29. The molecule has 0 amide bonds. The highest BCUT2D eigenvalue weighted by Crippen LogP contribution is 2.20. The average molecular weight is 133 g/mol. The van der Waals surface area contributed by atoms with Gasteiger partial charge in [-0.2, -0.15) is 0 Å². The van der Waals surface area contributed by atoms with Gasteiger partial charge in [-0.15, -0.1) is 0 Å². The zero-order valence-electron chi connectivity index (χ0n) is 5.89. The Morgan fingerprint density at radius 1 is 1.80 bits per heavy atom. The summed E-state index contributed by atoms with van der Waals surface area (Å²) in [6.45, 7) is 3.07. The molecule has 2 nitrogen and oxygen atoms in total. The molecule has 0 aliphatic carbocycles. The van der Waals surface area contributed by atoms with E-state index < -0.39 is 0 Å². The standard InChI is InChI=1S/C8H9N2/c1-6-8-7(5-10-6)3-2-4-9-8/h2-3,6,10H,5H2,1H3. The van der Waals surface area contributed by atoms with Crippen molar-refractivity contribution in [1.29, 1.82) is 0 Å². The predicted octanol–water partition coefficient (Wildman–Crippen LogP) is 1.05. The Labute approximate surface area is 60.3 Å². The number of pyridine rings is 1. The Morgan fingerprint density at radius 3 is 3.50 bits per heavy atom. The lowest BCUT2D eigenvalue weighted by atomic mass is 10.2. The molecule has 1 aromatic rings. The van der Waals surface area contributed by atoms with E-state index in [1.54, 1.807) is 0 Å². The smallest absolute Gasteiger partial charge is 0.0890 e. The van der Waals surface area contributed by atoms with Crippen molar-refractivity contribution < 1.29 is 0 Å². The summed E-state index contributed by atoms with van der Waals surface area (Å²) in [5, 5.41) is 3.30. The van der Waals surface area contributed by atoms with Crippen LogP contribution in [-0.2, 0) is 6.54 Å². The van der Waals surface area contributed by atoms with Gasteiger partial charge >= 0.3 is 0 Å². The maximum absolute atomic E-state index is 4.15. The maximum Gasteiger partial charge on any atom is 0.0890 e. The molecule has 0 spiro atoms. The van der Waals surface area contributed by atoms with Crippen LogP contribution in [0.1, 0.15) is 24.2 Å². The Hall–Kier alpha value is -0.890. The van der Waals surface area contributed by atoms with Crippen molar-refractivity contribution >= 4 is 0 Å². The van der Waals surface area contributed by atoms with Crippen LogP contribution < -0.4 is 5.32 Å². The van der Waals surface area contributed by atoms with E-state index in [4.69, 9.17) is 0 Å². The van der Waals surface area contributed by atoms with E-state index in [0.717, 1.165) is 12.2 Å². The summed E-state index contributed by atoms with van der Waals surface area (Å²) in [6.07, 6.45) is 2.83. The second-order valence-corrected chi connectivity index (χ2v) is 2.59. The van der Waals surface area contributed by atoms with Gasteiger partial charge in [0.15, 0.2) is 0 Å². The van der Waals surface area contributed by atoms with E-state index >= 15 is 0 Å². The van der Waals surface area contributed by atoms with Crippen molar-refractivity contribution in [1.82, 2.24) is 10.3 Å². The van der Waals surface area contributed by atoms with E-state index in [1.807, 2.05) is 6.07 Å². The number of nitrogens with zero attached hydrogens (tertiary/aromatic N) is 1. The normalized spacial score (nSPS) is 22.7. The van der Waals surface area contributed by atoms with Crippen LogP contribution >= 0.6 is 0 Å². The summed E-state index contributed by atoms with van der Waals surface area (Å²) < 4.78 is 0. The number of aromatic nitrogens is 1. The van der Waals surface area contributed by atoms with Gasteiger partial charge in [-0.25, -0.2) is 4.98 Å². The van der Waals surface area contributed by atoms with Crippen molar-refractivity contribution in [3.63, 3.8) is 0 Å². The van der Waals surface area contributed by atoms with E-state index in [0.29, 0.717) is 6.04 Å². The highest BCUT2D eigenvalue weighted by atomic mass is 15.0. The fraction of sp³-hybridized carbons (Fsp3) is 0.375. The molecule has 1 aromatic heterocycles. The van der Waals surface area contributed by atoms with E-state index in [1.165, 1.54) is 5.56 Å². The lowest BCUT2D eigenvalue weighted by Gasteiger charge is -1.99. The van der Waals surface area contributed by atoms with E-state index in [-0.39, 0.29) is 0 Å². The van der Waals surface area contributed by atoms with E-state index in [9.17, 15) is 0 Å². The molecule has 1 aliphatic heterocycles. The minimum atomic E-state index is 0.410. The van der Waals surface area contributed by atoms with Gasteiger partial charge in [0.2, 0.25) is 0 Å². The highest BCUT2D eigenvalue weighted by Gasteiger charge is 2.17. The summed E-state index contributed by atoms with van der Waals surface area (Å²) >= 11 is 0. The molecule has 0 saturated carbocycles. The van der Waals surface area contributed by atoms with Crippen molar-refractivity contribution in [3.05, 3.63) is 29.6 Å². The van der Waals surface area contributed by atoms with Crippen LogP contribution in [0.4, 0.5) is 0 Å². The maximum atomic E-state index is 4.15. The third-order valence-electron chi connectivity index (χ3n) is 1.88. The fourth-order valence-corrected chi connectivity index (χ4v) is 1.29. The topological polar surface area (TPSA) is 24.9 Å². The first kappa shape index (κ1) is 5.86. The average Bonchev–Trinajstić information content (AvgIpc) is 2.34. The first-order valence-electron chi connectivity index (χ1n) is 3.47. The molecule has 51 valence electrons. The molecule has 1 radical (unpaired) electrons. The van der Waals surface area contributed by atoms with Gasteiger partial charge in [0.05, 0.1) is 11.9 Å². The van der Waals surface area contributed by atoms with Crippen LogP contribution in [0.2, 0.25) is 0 Å². The van der Waals surface area contributed by atoms with Crippen LogP contribution in [0, 0.1) is 6.20 Å². The minimum Gasteiger partial charge on any atom is -0.305 e. The van der Waals surface area contributed by atoms with Crippen LogP contribution in [-0.4, -0.2) is 4.98 Å². The molecule has 1 atom stereocenters. The largest absolute Gasteiger partial charge is 0.305 e. The molecule has 1 unspecified atom stereocenters. The SMILES string of the molecule is CC1NCc2cc[c]nc21. The highest BCUT2D eigenvalue weighted by molar-refractivity contribution is 5.25. The van der Waals surface area contributed by atoms with Crippen molar-refractivity contribution in [2.45, 2.75) is 19.5 Å². The predicted molar refractivity (Wildman–Crippen MR) is 38.3 cm³/mol. The molecule has 0 bridgehead atoms. The molecule has 1 N–H and O–H groups in total. The summed E-state index contributed by atoms with van der Waals surface area (Å²) in [4.78, 5) is 4.15. The summed E-state index contributed by atoms with van der Waals surface area (Å²) in [5.74, 6) is 0. The molecule has 0 saturated heterocycles.